The van der Waals surface area contributed by atoms with Gasteiger partial charge in [-0.3, -0.25) is 4.79 Å². The Morgan fingerprint density at radius 3 is 0.825 bits per heavy atom. The summed E-state index contributed by atoms with van der Waals surface area (Å²) in [7, 11) is 0. The highest BCUT2D eigenvalue weighted by Gasteiger charge is 2.20. The van der Waals surface area contributed by atoms with Crippen molar-refractivity contribution in [3.8, 4) is 0 Å². The lowest BCUT2D eigenvalue weighted by atomic mass is 10.0. The number of amides is 1. The molecule has 0 aliphatic carbocycles. The molecule has 4 heteroatoms. The lowest BCUT2D eigenvalue weighted by molar-refractivity contribution is -0.123. The molecule has 0 radical (unpaired) electrons. The monoisotopic (exact) mass is 1110 g/mol. The summed E-state index contributed by atoms with van der Waals surface area (Å²) >= 11 is 0. The third kappa shape index (κ3) is 65.3. The molecule has 0 rings (SSSR count). The Kier molecular flexibility index (Phi) is 66.8. The first-order valence-electron chi connectivity index (χ1n) is 34.4. The molecule has 0 aromatic rings. The van der Waals surface area contributed by atoms with E-state index in [9.17, 15) is 15.0 Å². The number of hydrogen-bond donors (Lipinski definition) is 3. The minimum Gasteiger partial charge on any atom is -0.394 e. The second-order valence-electron chi connectivity index (χ2n) is 22.9. The molecule has 0 fully saturated rings. The molecule has 2 unspecified atom stereocenters. The minimum absolute atomic E-state index is 0.0439. The van der Waals surface area contributed by atoms with Crippen molar-refractivity contribution in [1.82, 2.24) is 5.32 Å². The smallest absolute Gasteiger partial charge is 0.220 e. The Balaban J connectivity index is 3.57. The molecular formula is C76H131NO3. The molecule has 0 saturated heterocycles. The number of aliphatic hydroxyl groups excluding tert-OH is 2. The summed E-state index contributed by atoms with van der Waals surface area (Å²) in [6, 6.07) is -0.554. The molecule has 0 spiro atoms. The molecule has 0 aromatic carbocycles. The standard InChI is InChI=1S/C76H131NO3/c1-3-5-7-9-11-13-15-17-19-21-23-25-27-29-31-32-33-34-35-36-37-38-39-40-41-42-43-44-46-48-50-52-54-56-58-60-62-64-66-68-70-72-76(80)77-74(73-78)75(79)71-69-67-65-63-61-59-57-55-53-51-49-47-45-30-28-26-24-22-20-18-16-14-12-10-8-6-4-2/h5,7,11,13,17,19,23,25,29,31,33-34,36-37,39-40,42-43,46,48,52,54,74-75,78-79H,3-4,6,8-10,12,14-16,18,20-22,24,26-28,30,32,35,38,41,44-45,47,49-51,53,55-73H2,1-2H3,(H,77,80)/b7-5-,13-11-,19-17-,25-23-,31-29-,34-33-,37-36-,40-39-,43-42-,48-46-,54-52-. The second kappa shape index (κ2) is 69.8. The van der Waals surface area contributed by atoms with Crippen LogP contribution in [-0.4, -0.2) is 34.9 Å². The summed E-state index contributed by atoms with van der Waals surface area (Å²) in [5.41, 5.74) is 0. The van der Waals surface area contributed by atoms with E-state index in [4.69, 9.17) is 0 Å². The van der Waals surface area contributed by atoms with Gasteiger partial charge in [-0.25, -0.2) is 0 Å². The Labute approximate surface area is 498 Å². The Morgan fingerprint density at radius 1 is 0.312 bits per heavy atom. The zero-order chi connectivity index (χ0) is 57.6. The SMILES string of the molecule is CC/C=C\C/C=C\C/C=C\C/C=C\C/C=C\C/C=C\C/C=C\C/C=C\C/C=C\C/C=C\C/C=C\CCCCCCCCCC(=O)NC(CO)C(O)CCCCCCCCCCCCCCCCCCCCCCCCCCCCC. The van der Waals surface area contributed by atoms with Crippen molar-refractivity contribution in [3.63, 3.8) is 0 Å². The maximum Gasteiger partial charge on any atom is 0.220 e. The molecule has 1 amide bonds. The first kappa shape index (κ1) is 76.5. The van der Waals surface area contributed by atoms with Crippen molar-refractivity contribution >= 4 is 5.91 Å². The molecule has 0 saturated carbocycles. The fraction of sp³-hybridized carbons (Fsp3) is 0.697. The third-order valence-corrected chi connectivity index (χ3v) is 15.2. The number of carbonyl (C=O) groups is 1. The van der Waals surface area contributed by atoms with Gasteiger partial charge in [-0.05, 0) is 96.3 Å². The van der Waals surface area contributed by atoms with Crippen LogP contribution in [0.15, 0.2) is 134 Å². The minimum atomic E-state index is -0.675. The number of unbranched alkanes of at least 4 members (excludes halogenated alkanes) is 33. The number of aliphatic hydroxyl groups is 2. The fourth-order valence-corrected chi connectivity index (χ4v) is 10.0. The van der Waals surface area contributed by atoms with Crippen LogP contribution in [0.25, 0.3) is 0 Å². The van der Waals surface area contributed by atoms with Gasteiger partial charge >= 0.3 is 0 Å². The molecule has 0 aromatic heterocycles. The van der Waals surface area contributed by atoms with Gasteiger partial charge < -0.3 is 15.5 Å². The van der Waals surface area contributed by atoms with Crippen LogP contribution in [0.5, 0.6) is 0 Å². The van der Waals surface area contributed by atoms with Gasteiger partial charge in [-0.2, -0.15) is 0 Å². The Morgan fingerprint density at radius 2 is 0.550 bits per heavy atom. The van der Waals surface area contributed by atoms with Gasteiger partial charge in [-0.15, -0.1) is 0 Å². The van der Waals surface area contributed by atoms with Gasteiger partial charge in [0.15, 0.2) is 0 Å². The first-order valence-corrected chi connectivity index (χ1v) is 34.4. The number of hydrogen-bond acceptors (Lipinski definition) is 3. The highest BCUT2D eigenvalue weighted by atomic mass is 16.3. The molecule has 0 aliphatic heterocycles. The Hall–Kier alpha value is -3.47. The zero-order valence-electron chi connectivity index (χ0n) is 52.8. The molecule has 2 atom stereocenters. The molecule has 3 N–H and O–H groups in total. The summed E-state index contributed by atoms with van der Waals surface area (Å²) in [5.74, 6) is -0.0439. The van der Waals surface area contributed by atoms with Crippen LogP contribution in [0, 0.1) is 0 Å². The van der Waals surface area contributed by atoms with E-state index in [2.05, 4.69) is 153 Å². The van der Waals surface area contributed by atoms with E-state index in [1.807, 2.05) is 0 Å². The molecule has 4 nitrogen and oxygen atoms in total. The van der Waals surface area contributed by atoms with E-state index in [0.29, 0.717) is 12.8 Å². The topological polar surface area (TPSA) is 69.6 Å². The average Bonchev–Trinajstić information content (AvgIpc) is 3.46. The fourth-order valence-electron chi connectivity index (χ4n) is 10.0. The van der Waals surface area contributed by atoms with Gasteiger partial charge in [-0.1, -0.05) is 353 Å². The maximum atomic E-state index is 12.6. The molecule has 0 heterocycles. The predicted molar refractivity (Wildman–Crippen MR) is 359 cm³/mol. The summed E-state index contributed by atoms with van der Waals surface area (Å²) in [6.45, 7) is 4.26. The van der Waals surface area contributed by atoms with Crippen molar-refractivity contribution in [2.75, 3.05) is 6.61 Å². The van der Waals surface area contributed by atoms with Gasteiger partial charge in [0.05, 0.1) is 18.8 Å². The summed E-state index contributed by atoms with van der Waals surface area (Å²) in [5, 5.41) is 23.4. The average molecular weight is 1110 g/mol. The van der Waals surface area contributed by atoms with Crippen LogP contribution < -0.4 is 5.32 Å². The summed E-state index contributed by atoms with van der Waals surface area (Å²) in [6.07, 6.45) is 108. The number of carbonyl (C=O) groups excluding carboxylic acids is 1. The van der Waals surface area contributed by atoms with Crippen LogP contribution in [-0.2, 0) is 4.79 Å². The highest BCUT2D eigenvalue weighted by Crippen LogP contribution is 2.18. The van der Waals surface area contributed by atoms with Crippen molar-refractivity contribution in [1.29, 1.82) is 0 Å². The molecule has 458 valence electrons. The highest BCUT2D eigenvalue weighted by molar-refractivity contribution is 5.76. The normalized spacial score (nSPS) is 13.6. The number of nitrogens with one attached hydrogen (secondary N) is 1. The lowest BCUT2D eigenvalue weighted by Crippen LogP contribution is -2.45. The van der Waals surface area contributed by atoms with Crippen molar-refractivity contribution in [2.24, 2.45) is 0 Å². The first-order chi connectivity index (χ1) is 39.7. The van der Waals surface area contributed by atoms with Gasteiger partial charge in [0.25, 0.3) is 0 Å². The van der Waals surface area contributed by atoms with Crippen molar-refractivity contribution < 1.29 is 15.0 Å². The van der Waals surface area contributed by atoms with Crippen LogP contribution in [0.4, 0.5) is 0 Å². The van der Waals surface area contributed by atoms with E-state index in [1.165, 1.54) is 186 Å². The molecular weight excluding hydrogens is 975 g/mol. The quantitative estimate of drug-likeness (QED) is 0.0420. The lowest BCUT2D eigenvalue weighted by Gasteiger charge is -2.22. The van der Waals surface area contributed by atoms with E-state index >= 15 is 0 Å². The van der Waals surface area contributed by atoms with Gasteiger partial charge in [0, 0.05) is 6.42 Å². The van der Waals surface area contributed by atoms with E-state index in [1.54, 1.807) is 0 Å². The van der Waals surface area contributed by atoms with Crippen LogP contribution in [0.2, 0.25) is 0 Å². The second-order valence-corrected chi connectivity index (χ2v) is 22.9. The van der Waals surface area contributed by atoms with Crippen LogP contribution in [0.3, 0.4) is 0 Å². The largest absolute Gasteiger partial charge is 0.394 e. The van der Waals surface area contributed by atoms with E-state index in [-0.39, 0.29) is 12.5 Å². The zero-order valence-corrected chi connectivity index (χ0v) is 52.8. The number of allylic oxidation sites excluding steroid dienone is 22. The number of rotatable bonds is 62. The Bertz CT molecular complexity index is 1590. The maximum absolute atomic E-state index is 12.6. The van der Waals surface area contributed by atoms with Crippen molar-refractivity contribution in [3.05, 3.63) is 134 Å². The summed E-state index contributed by atoms with van der Waals surface area (Å²) in [4.78, 5) is 12.6. The predicted octanol–water partition coefficient (Wildman–Crippen LogP) is 23.7. The van der Waals surface area contributed by atoms with Crippen molar-refractivity contribution in [2.45, 2.75) is 334 Å². The molecule has 80 heavy (non-hydrogen) atoms. The van der Waals surface area contributed by atoms with Crippen LogP contribution in [0.1, 0.15) is 322 Å². The van der Waals surface area contributed by atoms with E-state index < -0.39 is 12.1 Å². The van der Waals surface area contributed by atoms with E-state index in [0.717, 1.165) is 109 Å². The van der Waals surface area contributed by atoms with Gasteiger partial charge in [0.1, 0.15) is 0 Å². The molecule has 0 aliphatic rings. The summed E-state index contributed by atoms with van der Waals surface area (Å²) < 4.78 is 0. The third-order valence-electron chi connectivity index (χ3n) is 15.2. The van der Waals surface area contributed by atoms with Gasteiger partial charge in [0.2, 0.25) is 5.91 Å². The van der Waals surface area contributed by atoms with Crippen LogP contribution >= 0.6 is 0 Å². The molecule has 0 bridgehead atoms.